The monoisotopic (exact) mass is 738 g/mol. The van der Waals surface area contributed by atoms with Crippen LogP contribution in [0.5, 0.6) is 0 Å². The molecule has 12 heteroatoms. The van der Waals surface area contributed by atoms with E-state index in [0.29, 0.717) is 22.5 Å². The molecule has 2 aliphatic rings. The number of methoxy groups -OCH3 is 2. The quantitative estimate of drug-likeness (QED) is 0.162. The van der Waals surface area contributed by atoms with E-state index in [4.69, 9.17) is 29.4 Å². The van der Waals surface area contributed by atoms with E-state index in [1.165, 1.54) is 14.2 Å². The minimum atomic E-state index is -0.412. The molecule has 0 saturated carbocycles. The van der Waals surface area contributed by atoms with Crippen molar-refractivity contribution in [2.45, 2.75) is 0 Å². The topological polar surface area (TPSA) is 146 Å². The standard InChI is InChI=1S/C44H34N8O4/c1-51-23-21-45-41(51)39-33-17-13-29(47-33)37(25-5-9-27(10-6-25)43(53)55-3)31-15-19-35(49-31)40(42-46-22-24-52(42)2)36-20-16-32(50-36)38(30-14-18-34(39)48-30)26-7-11-28(12-8-26)44(54)56-4/h5-24,47,50H,1-4H3. The molecule has 56 heavy (non-hydrogen) atoms. The lowest BCUT2D eigenvalue weighted by atomic mass is 10.0. The SMILES string of the molecule is COC(=O)c1ccc(-c2c3nc(c(-c4nccn4C)c4ccc([nH]4)c(-c4ccc(C(=O)OC)cc4)c4nc(c(-c5nccn5C)c5ccc2[nH]5)C=C4)C=C3)cc1. The number of fused-ring (bicyclic) bond motifs is 8. The Labute approximate surface area is 320 Å². The predicted octanol–water partition coefficient (Wildman–Crippen LogP) is 8.36. The third kappa shape index (κ3) is 5.80. The van der Waals surface area contributed by atoms with Crippen molar-refractivity contribution in [2.75, 3.05) is 14.2 Å². The van der Waals surface area contributed by atoms with Gasteiger partial charge in [-0.3, -0.25) is 0 Å². The second kappa shape index (κ2) is 13.7. The van der Waals surface area contributed by atoms with Crippen LogP contribution >= 0.6 is 0 Å². The van der Waals surface area contributed by atoms with Crippen molar-refractivity contribution in [1.29, 1.82) is 0 Å². The first-order valence-corrected chi connectivity index (χ1v) is 17.8. The van der Waals surface area contributed by atoms with Crippen LogP contribution in [-0.2, 0) is 23.6 Å². The molecule has 0 atom stereocenters. The van der Waals surface area contributed by atoms with E-state index >= 15 is 0 Å². The van der Waals surface area contributed by atoms with Crippen LogP contribution < -0.4 is 0 Å². The Morgan fingerprint density at radius 1 is 0.500 bits per heavy atom. The maximum absolute atomic E-state index is 12.4. The van der Waals surface area contributed by atoms with Gasteiger partial charge in [-0.1, -0.05) is 24.3 Å². The molecule has 274 valence electrons. The highest BCUT2D eigenvalue weighted by molar-refractivity contribution is 6.00. The first kappa shape index (κ1) is 34.2. The van der Waals surface area contributed by atoms with E-state index in [9.17, 15) is 9.59 Å². The summed E-state index contributed by atoms with van der Waals surface area (Å²) < 4.78 is 13.9. The van der Waals surface area contributed by atoms with Crippen LogP contribution in [0.3, 0.4) is 0 Å². The summed E-state index contributed by atoms with van der Waals surface area (Å²) in [6.07, 6.45) is 15.3. The first-order valence-electron chi connectivity index (χ1n) is 17.8. The highest BCUT2D eigenvalue weighted by Crippen LogP contribution is 2.38. The lowest BCUT2D eigenvalue weighted by molar-refractivity contribution is 0.0592. The molecule has 2 N–H and O–H groups in total. The van der Waals surface area contributed by atoms with E-state index in [0.717, 1.165) is 78.5 Å². The normalized spacial score (nSPS) is 11.9. The molecule has 0 amide bonds. The maximum atomic E-state index is 12.4. The predicted molar refractivity (Wildman–Crippen MR) is 217 cm³/mol. The number of carbonyl (C=O) groups excluding carboxylic acids is 2. The van der Waals surface area contributed by atoms with Crippen LogP contribution in [0.4, 0.5) is 0 Å². The molecule has 7 aromatic rings. The Hall–Kier alpha value is -7.60. The maximum Gasteiger partial charge on any atom is 0.337 e. The van der Waals surface area contributed by atoms with E-state index in [1.807, 2.05) is 108 Å². The molecule has 2 aromatic carbocycles. The second-order valence-corrected chi connectivity index (χ2v) is 13.4. The molecule has 0 spiro atoms. The van der Waals surface area contributed by atoms with Crippen LogP contribution in [0.1, 0.15) is 43.5 Å². The van der Waals surface area contributed by atoms with Gasteiger partial charge in [-0.25, -0.2) is 29.5 Å². The molecular formula is C44H34N8O4. The lowest BCUT2D eigenvalue weighted by Gasteiger charge is -2.07. The fourth-order valence-corrected chi connectivity index (χ4v) is 7.28. The lowest BCUT2D eigenvalue weighted by Crippen LogP contribution is -2.00. The molecule has 8 bridgehead atoms. The number of aromatic amines is 2. The molecular weight excluding hydrogens is 705 g/mol. The van der Waals surface area contributed by atoms with Crippen LogP contribution in [0, 0.1) is 0 Å². The third-order valence-corrected chi connectivity index (χ3v) is 10.0. The number of nitrogens with zero attached hydrogens (tertiary/aromatic N) is 6. The summed E-state index contributed by atoms with van der Waals surface area (Å²) in [5.74, 6) is 0.624. The van der Waals surface area contributed by atoms with Gasteiger partial charge in [-0.15, -0.1) is 0 Å². The average Bonchev–Trinajstić information content (AvgIpc) is 4.09. The highest BCUT2D eigenvalue weighted by Gasteiger charge is 2.21. The number of carbonyl (C=O) groups is 2. The zero-order valence-electron chi connectivity index (χ0n) is 30.9. The minimum absolute atomic E-state index is 0.412. The number of benzene rings is 2. The molecule has 7 heterocycles. The molecule has 12 nitrogen and oxygen atoms in total. The molecule has 2 aliphatic heterocycles. The zero-order chi connectivity index (χ0) is 38.5. The number of hydrogen-bond donors (Lipinski definition) is 2. The Morgan fingerprint density at radius 3 is 1.16 bits per heavy atom. The van der Waals surface area contributed by atoms with Gasteiger partial charge in [0.15, 0.2) is 0 Å². The summed E-state index contributed by atoms with van der Waals surface area (Å²) in [4.78, 5) is 52.2. The molecule has 9 rings (SSSR count). The molecule has 5 aromatic heterocycles. The number of nitrogens with one attached hydrogen (secondary N) is 2. The van der Waals surface area contributed by atoms with E-state index in [1.54, 1.807) is 36.7 Å². The van der Waals surface area contributed by atoms with Gasteiger partial charge in [0.25, 0.3) is 0 Å². The fraction of sp³-hybridized carbons (Fsp3) is 0.0909. The van der Waals surface area contributed by atoms with Gasteiger partial charge in [0.1, 0.15) is 11.6 Å². The number of imidazole rings is 2. The van der Waals surface area contributed by atoms with Gasteiger partial charge in [-0.2, -0.15) is 0 Å². The number of aryl methyl sites for hydroxylation is 2. The van der Waals surface area contributed by atoms with Gasteiger partial charge >= 0.3 is 11.9 Å². The number of aromatic nitrogens is 8. The van der Waals surface area contributed by atoms with Crippen molar-refractivity contribution < 1.29 is 19.1 Å². The Kier molecular flexibility index (Phi) is 8.35. The second-order valence-electron chi connectivity index (χ2n) is 13.4. The fourth-order valence-electron chi connectivity index (χ4n) is 7.28. The van der Waals surface area contributed by atoms with Gasteiger partial charge in [-0.05, 0) is 84.0 Å². The first-order chi connectivity index (χ1) is 27.3. The number of hydrogen-bond acceptors (Lipinski definition) is 8. The summed E-state index contributed by atoms with van der Waals surface area (Å²) in [5, 5.41) is 0. The van der Waals surface area contributed by atoms with Crippen LogP contribution in [0.2, 0.25) is 0 Å². The van der Waals surface area contributed by atoms with Gasteiger partial charge in [0.05, 0.1) is 70.3 Å². The van der Waals surface area contributed by atoms with Crippen molar-refractivity contribution in [3.8, 4) is 45.0 Å². The summed E-state index contributed by atoms with van der Waals surface area (Å²) in [7, 11) is 6.64. The molecule has 0 radical (unpaired) electrons. The smallest absolute Gasteiger partial charge is 0.337 e. The highest BCUT2D eigenvalue weighted by atomic mass is 16.5. The van der Waals surface area contributed by atoms with Crippen LogP contribution in [0.25, 0.3) is 91.4 Å². The van der Waals surface area contributed by atoms with Gasteiger partial charge in [0.2, 0.25) is 0 Å². The Balaban J connectivity index is 1.43. The van der Waals surface area contributed by atoms with Crippen molar-refractivity contribution >= 4 is 58.3 Å². The summed E-state index contributed by atoms with van der Waals surface area (Å²) in [6.45, 7) is 0. The summed E-state index contributed by atoms with van der Waals surface area (Å²) >= 11 is 0. The molecule has 0 unspecified atom stereocenters. The van der Waals surface area contributed by atoms with Crippen molar-refractivity contribution in [2.24, 2.45) is 14.1 Å². The Morgan fingerprint density at radius 2 is 0.839 bits per heavy atom. The largest absolute Gasteiger partial charge is 0.465 e. The minimum Gasteiger partial charge on any atom is -0.465 e. The van der Waals surface area contributed by atoms with E-state index < -0.39 is 11.9 Å². The van der Waals surface area contributed by atoms with E-state index in [-0.39, 0.29) is 0 Å². The van der Waals surface area contributed by atoms with Crippen molar-refractivity contribution in [3.05, 3.63) is 131 Å². The number of rotatable bonds is 6. The number of H-pyrrole nitrogens is 2. The molecule has 0 saturated heterocycles. The average molecular weight is 739 g/mol. The van der Waals surface area contributed by atoms with Crippen LogP contribution in [0.15, 0.2) is 97.6 Å². The number of esters is 2. The van der Waals surface area contributed by atoms with Crippen molar-refractivity contribution in [1.82, 2.24) is 39.0 Å². The van der Waals surface area contributed by atoms with Crippen molar-refractivity contribution in [3.63, 3.8) is 0 Å². The zero-order valence-corrected chi connectivity index (χ0v) is 30.9. The van der Waals surface area contributed by atoms with E-state index in [2.05, 4.69) is 9.97 Å². The van der Waals surface area contributed by atoms with Gasteiger partial charge < -0.3 is 28.6 Å². The summed E-state index contributed by atoms with van der Waals surface area (Å²) in [6, 6.07) is 22.7. The molecule has 0 aliphatic carbocycles. The molecule has 0 fully saturated rings. The summed E-state index contributed by atoms with van der Waals surface area (Å²) in [5.41, 5.74) is 11.9. The third-order valence-electron chi connectivity index (χ3n) is 10.0. The van der Waals surface area contributed by atoms with Gasteiger partial charge in [0, 0.05) is 61.0 Å². The number of ether oxygens (including phenoxy) is 2. The van der Waals surface area contributed by atoms with Crippen LogP contribution in [-0.4, -0.2) is 65.2 Å². The Bertz CT molecular complexity index is 2740.